The molecule has 0 radical (unpaired) electrons. The minimum Gasteiger partial charge on any atom is -0.441 e. The fraction of sp³-hybridized carbons (Fsp3) is 0.125. The normalized spacial score (nSPS) is 18.1. The average molecular weight is 398 g/mol. The number of hydrogen-bond acceptors (Lipinski definition) is 5. The predicted molar refractivity (Wildman–Crippen MR) is 111 cm³/mol. The third-order valence-corrected chi connectivity index (χ3v) is 5.14. The molecule has 1 heterocycles. The quantitative estimate of drug-likeness (QED) is 0.490. The Balaban J connectivity index is 1.61. The van der Waals surface area contributed by atoms with Crippen molar-refractivity contribution in [2.45, 2.75) is 6.10 Å². The van der Waals surface area contributed by atoms with Crippen molar-refractivity contribution in [3.8, 4) is 23.7 Å². The maximum absolute atomic E-state index is 12.8. The van der Waals surface area contributed by atoms with Crippen molar-refractivity contribution >= 4 is 29.3 Å². The third kappa shape index (κ3) is 3.87. The number of hydrogen-bond donors (Lipinski definition) is 0. The van der Waals surface area contributed by atoms with Crippen LogP contribution in [0.3, 0.4) is 0 Å². The highest BCUT2D eigenvalue weighted by molar-refractivity contribution is 7.99. The highest BCUT2D eigenvalue weighted by Crippen LogP contribution is 2.28. The Bertz CT molecular complexity index is 1180. The van der Waals surface area contributed by atoms with Crippen molar-refractivity contribution in [1.82, 2.24) is 0 Å². The van der Waals surface area contributed by atoms with E-state index in [4.69, 9.17) is 4.74 Å². The third-order valence-electron chi connectivity index (χ3n) is 4.44. The van der Waals surface area contributed by atoms with E-state index in [0.29, 0.717) is 22.6 Å². The van der Waals surface area contributed by atoms with Crippen molar-refractivity contribution in [3.05, 3.63) is 82.4 Å². The SMILES string of the molecule is O=C(OC1C#CCSCC#C/C=C/1)c1ccc2c(c1)C(=O)c1ccccc1C2=O. The zero-order valence-electron chi connectivity index (χ0n) is 15.2. The summed E-state index contributed by atoms with van der Waals surface area (Å²) >= 11 is 1.59. The maximum Gasteiger partial charge on any atom is 0.339 e. The van der Waals surface area contributed by atoms with Crippen LogP contribution < -0.4 is 0 Å². The van der Waals surface area contributed by atoms with Gasteiger partial charge in [0.1, 0.15) is 0 Å². The Hall–Kier alpha value is -3.54. The van der Waals surface area contributed by atoms with Crippen LogP contribution in [0.2, 0.25) is 0 Å². The van der Waals surface area contributed by atoms with Crippen LogP contribution in [0.1, 0.15) is 42.2 Å². The summed E-state index contributed by atoms with van der Waals surface area (Å²) in [6, 6.07) is 11.1. The molecular formula is C24H14O4S. The summed E-state index contributed by atoms with van der Waals surface area (Å²) in [5.41, 5.74) is 1.40. The number of ether oxygens (including phenoxy) is 1. The number of esters is 1. The molecule has 1 aliphatic carbocycles. The molecule has 0 saturated heterocycles. The zero-order chi connectivity index (χ0) is 20.2. The topological polar surface area (TPSA) is 60.4 Å². The van der Waals surface area contributed by atoms with E-state index in [9.17, 15) is 14.4 Å². The van der Waals surface area contributed by atoms with Crippen molar-refractivity contribution in [2.75, 3.05) is 11.5 Å². The van der Waals surface area contributed by atoms with E-state index in [2.05, 4.69) is 23.7 Å². The van der Waals surface area contributed by atoms with Crippen molar-refractivity contribution in [3.63, 3.8) is 0 Å². The Morgan fingerprint density at radius 1 is 0.931 bits per heavy atom. The van der Waals surface area contributed by atoms with E-state index >= 15 is 0 Å². The van der Waals surface area contributed by atoms with Crippen LogP contribution in [0, 0.1) is 23.7 Å². The highest BCUT2D eigenvalue weighted by atomic mass is 32.2. The summed E-state index contributed by atoms with van der Waals surface area (Å²) < 4.78 is 5.46. The summed E-state index contributed by atoms with van der Waals surface area (Å²) in [4.78, 5) is 38.1. The van der Waals surface area contributed by atoms with E-state index in [1.165, 1.54) is 18.2 Å². The molecule has 1 atom stereocenters. The second kappa shape index (κ2) is 8.22. The van der Waals surface area contributed by atoms with Crippen LogP contribution >= 0.6 is 11.8 Å². The summed E-state index contributed by atoms with van der Waals surface area (Å²) in [6.07, 6.45) is 2.51. The number of benzene rings is 2. The summed E-state index contributed by atoms with van der Waals surface area (Å²) in [6.45, 7) is 0. The molecule has 4 rings (SSSR count). The standard InChI is InChI=1S/C24H14O4S/c25-22-18-9-3-4-10-19(18)23(26)21-15-16(11-12-20(21)22)24(27)28-17-7-2-1-5-13-29-14-6-8-17/h2-4,7,9-12,15,17H,13-14H2/b7-2+. The fourth-order valence-corrected chi connectivity index (χ4v) is 3.53. The molecule has 140 valence electrons. The second-order valence-electron chi connectivity index (χ2n) is 6.28. The molecular weight excluding hydrogens is 384 g/mol. The maximum atomic E-state index is 12.8. The van der Waals surface area contributed by atoms with Gasteiger partial charge < -0.3 is 4.74 Å². The molecule has 0 spiro atoms. The number of thioether (sulfide) groups is 1. The number of carbonyl (C=O) groups is 3. The van der Waals surface area contributed by atoms with E-state index in [1.54, 1.807) is 48.2 Å². The molecule has 0 amide bonds. The molecule has 5 heteroatoms. The lowest BCUT2D eigenvalue weighted by molar-refractivity contribution is 0.0475. The van der Waals surface area contributed by atoms with Crippen LogP contribution in [-0.4, -0.2) is 35.1 Å². The first-order valence-electron chi connectivity index (χ1n) is 8.90. The molecule has 4 nitrogen and oxygen atoms in total. The van der Waals surface area contributed by atoms with Gasteiger partial charge in [-0.15, -0.1) is 11.8 Å². The summed E-state index contributed by atoms with van der Waals surface area (Å²) in [7, 11) is 0. The number of rotatable bonds is 2. The monoisotopic (exact) mass is 398 g/mol. The van der Waals surface area contributed by atoms with Crippen LogP contribution in [0.15, 0.2) is 54.6 Å². The molecule has 1 aliphatic heterocycles. The van der Waals surface area contributed by atoms with Crippen LogP contribution in [-0.2, 0) is 4.74 Å². The first kappa shape index (κ1) is 18.8. The van der Waals surface area contributed by atoms with Gasteiger partial charge in [0.05, 0.1) is 17.1 Å². The molecule has 2 aliphatic rings. The van der Waals surface area contributed by atoms with E-state index in [0.717, 1.165) is 0 Å². The second-order valence-corrected chi connectivity index (χ2v) is 7.27. The van der Waals surface area contributed by atoms with Crippen LogP contribution in [0.4, 0.5) is 0 Å². The van der Waals surface area contributed by atoms with Gasteiger partial charge in [-0.25, -0.2) is 4.79 Å². The van der Waals surface area contributed by atoms with Crippen LogP contribution in [0.5, 0.6) is 0 Å². The largest absolute Gasteiger partial charge is 0.441 e. The molecule has 0 fully saturated rings. The van der Waals surface area contributed by atoms with Crippen molar-refractivity contribution in [2.24, 2.45) is 0 Å². The Labute approximate surface area is 172 Å². The molecule has 1 unspecified atom stereocenters. The smallest absolute Gasteiger partial charge is 0.339 e. The Morgan fingerprint density at radius 2 is 1.62 bits per heavy atom. The lowest BCUT2D eigenvalue weighted by atomic mass is 9.83. The van der Waals surface area contributed by atoms with Gasteiger partial charge in [0, 0.05) is 22.3 Å². The molecule has 0 N–H and O–H groups in total. The van der Waals surface area contributed by atoms with Gasteiger partial charge in [0.25, 0.3) is 0 Å². The van der Waals surface area contributed by atoms with Gasteiger partial charge in [0.2, 0.25) is 0 Å². The molecule has 2 aromatic rings. The van der Waals surface area contributed by atoms with E-state index in [1.807, 2.05) is 0 Å². The molecule has 29 heavy (non-hydrogen) atoms. The zero-order valence-corrected chi connectivity index (χ0v) is 16.0. The van der Waals surface area contributed by atoms with Gasteiger partial charge in [0.15, 0.2) is 17.7 Å². The molecule has 2 aromatic carbocycles. The molecule has 0 aromatic heterocycles. The predicted octanol–water partition coefficient (Wildman–Crippen LogP) is 3.30. The number of carbonyl (C=O) groups excluding carboxylic acids is 3. The van der Waals surface area contributed by atoms with Crippen LogP contribution in [0.25, 0.3) is 0 Å². The summed E-state index contributed by atoms with van der Waals surface area (Å²) in [5, 5.41) is 0. The lowest BCUT2D eigenvalue weighted by Crippen LogP contribution is -2.22. The van der Waals surface area contributed by atoms with Crippen molar-refractivity contribution in [1.29, 1.82) is 0 Å². The first-order valence-corrected chi connectivity index (χ1v) is 10.1. The lowest BCUT2D eigenvalue weighted by Gasteiger charge is -2.18. The Morgan fingerprint density at radius 3 is 2.41 bits per heavy atom. The summed E-state index contributed by atoms with van der Waals surface area (Å²) in [5.74, 6) is 11.8. The van der Waals surface area contributed by atoms with E-state index < -0.39 is 12.1 Å². The average Bonchev–Trinajstić information content (AvgIpc) is 2.76. The number of allylic oxidation sites excluding steroid dienone is 1. The van der Waals surface area contributed by atoms with Gasteiger partial charge in [-0.3, -0.25) is 9.59 Å². The van der Waals surface area contributed by atoms with E-state index in [-0.39, 0.29) is 28.3 Å². The molecule has 0 bridgehead atoms. The van der Waals surface area contributed by atoms with Crippen molar-refractivity contribution < 1.29 is 19.1 Å². The Kier molecular flexibility index (Phi) is 5.33. The minimum absolute atomic E-state index is 0.192. The fourth-order valence-electron chi connectivity index (χ4n) is 3.06. The minimum atomic E-state index is -0.732. The van der Waals surface area contributed by atoms with Gasteiger partial charge in [-0.1, -0.05) is 47.9 Å². The first-order chi connectivity index (χ1) is 14.1. The van der Waals surface area contributed by atoms with Gasteiger partial charge in [-0.2, -0.15) is 0 Å². The molecule has 0 saturated carbocycles. The van der Waals surface area contributed by atoms with Gasteiger partial charge >= 0.3 is 5.97 Å². The highest BCUT2D eigenvalue weighted by Gasteiger charge is 2.30. The number of ketones is 2. The van der Waals surface area contributed by atoms with Gasteiger partial charge in [-0.05, 0) is 30.4 Å². The number of fused-ring (bicyclic) bond motifs is 2.